The fourth-order valence-electron chi connectivity index (χ4n) is 2.26. The molecule has 5 heteroatoms. The molecule has 0 aliphatic heterocycles. The number of aliphatic carboxylic acids is 1. The molecule has 0 saturated carbocycles. The maximum absolute atomic E-state index is 11.6. The van der Waals surface area contributed by atoms with Gasteiger partial charge < -0.3 is 9.84 Å². The van der Waals surface area contributed by atoms with E-state index in [2.05, 4.69) is 9.97 Å². The number of carbonyl (C=O) groups is 1. The third kappa shape index (κ3) is 3.37. The van der Waals surface area contributed by atoms with E-state index in [9.17, 15) is 9.90 Å². The Kier molecular flexibility index (Phi) is 4.52. The van der Waals surface area contributed by atoms with E-state index in [4.69, 9.17) is 4.74 Å². The molecule has 1 unspecified atom stereocenters. The normalized spacial score (nSPS) is 12.0. The number of aromatic nitrogens is 2. The number of benzene rings is 1. The summed E-state index contributed by atoms with van der Waals surface area (Å²) in [5.74, 6) is -1.21. The molecule has 2 rings (SSSR count). The number of rotatable bonds is 5. The zero-order valence-electron chi connectivity index (χ0n) is 12.3. The Morgan fingerprint density at radius 1 is 1.24 bits per heavy atom. The lowest BCUT2D eigenvalue weighted by atomic mass is 9.93. The van der Waals surface area contributed by atoms with Gasteiger partial charge in [-0.15, -0.1) is 0 Å². The molecule has 0 amide bonds. The molecule has 1 aromatic carbocycles. The fourth-order valence-corrected chi connectivity index (χ4v) is 2.26. The second-order valence-electron chi connectivity index (χ2n) is 4.97. The number of hydrogen-bond donors (Lipinski definition) is 1. The Morgan fingerprint density at radius 2 is 1.90 bits per heavy atom. The molecular weight excluding hydrogens is 268 g/mol. The zero-order chi connectivity index (χ0) is 15.4. The number of aryl methyl sites for hydroxylation is 1. The van der Waals surface area contributed by atoms with Gasteiger partial charge in [-0.3, -0.25) is 4.79 Å². The molecule has 1 N–H and O–H groups in total. The van der Waals surface area contributed by atoms with Crippen LogP contribution in [0.2, 0.25) is 0 Å². The molecule has 0 aliphatic rings. The number of carboxylic acid groups (broad SMARTS) is 1. The summed E-state index contributed by atoms with van der Waals surface area (Å²) >= 11 is 0. The molecule has 21 heavy (non-hydrogen) atoms. The summed E-state index contributed by atoms with van der Waals surface area (Å²) in [5, 5.41) is 9.53. The van der Waals surface area contributed by atoms with Crippen molar-refractivity contribution in [3.8, 4) is 5.88 Å². The SMILES string of the molecule is COc1ncnc(C(Cc2ccc(C)cc2)C(=O)O)c1C. The van der Waals surface area contributed by atoms with Crippen LogP contribution in [0, 0.1) is 13.8 Å². The van der Waals surface area contributed by atoms with Crippen molar-refractivity contribution >= 4 is 5.97 Å². The Hall–Kier alpha value is -2.43. The third-order valence-electron chi connectivity index (χ3n) is 3.46. The topological polar surface area (TPSA) is 72.3 Å². The van der Waals surface area contributed by atoms with Crippen molar-refractivity contribution in [3.05, 3.63) is 53.0 Å². The average Bonchev–Trinajstić information content (AvgIpc) is 2.47. The van der Waals surface area contributed by atoms with E-state index in [0.29, 0.717) is 23.6 Å². The average molecular weight is 286 g/mol. The quantitative estimate of drug-likeness (QED) is 0.914. The van der Waals surface area contributed by atoms with Gasteiger partial charge in [-0.25, -0.2) is 9.97 Å². The molecule has 0 radical (unpaired) electrons. The summed E-state index contributed by atoms with van der Waals surface area (Å²) in [6.07, 6.45) is 1.73. The van der Waals surface area contributed by atoms with Gasteiger partial charge in [0.15, 0.2) is 0 Å². The maximum atomic E-state index is 11.6. The largest absolute Gasteiger partial charge is 0.481 e. The van der Waals surface area contributed by atoms with Crippen molar-refractivity contribution in [3.63, 3.8) is 0 Å². The predicted molar refractivity (Wildman–Crippen MR) is 78.6 cm³/mol. The van der Waals surface area contributed by atoms with Crippen LogP contribution in [0.3, 0.4) is 0 Å². The van der Waals surface area contributed by atoms with Gasteiger partial charge in [0.1, 0.15) is 12.2 Å². The van der Waals surface area contributed by atoms with Crippen LogP contribution in [0.15, 0.2) is 30.6 Å². The second-order valence-corrected chi connectivity index (χ2v) is 4.97. The summed E-state index contributed by atoms with van der Waals surface area (Å²) in [6, 6.07) is 7.83. The monoisotopic (exact) mass is 286 g/mol. The van der Waals surface area contributed by atoms with Crippen molar-refractivity contribution in [1.29, 1.82) is 0 Å². The zero-order valence-corrected chi connectivity index (χ0v) is 12.3. The lowest BCUT2D eigenvalue weighted by Gasteiger charge is -2.15. The standard InChI is InChI=1S/C16H18N2O3/c1-10-4-6-12(7-5-10)8-13(16(19)20)14-11(2)15(21-3)18-9-17-14/h4-7,9,13H,8H2,1-3H3,(H,19,20). The van der Waals surface area contributed by atoms with Crippen LogP contribution in [-0.4, -0.2) is 28.2 Å². The van der Waals surface area contributed by atoms with Crippen LogP contribution in [0.4, 0.5) is 0 Å². The van der Waals surface area contributed by atoms with Crippen LogP contribution in [0.5, 0.6) is 5.88 Å². The molecule has 1 aromatic heterocycles. The summed E-state index contributed by atoms with van der Waals surface area (Å²) in [4.78, 5) is 19.8. The van der Waals surface area contributed by atoms with Gasteiger partial charge >= 0.3 is 5.97 Å². The highest BCUT2D eigenvalue weighted by atomic mass is 16.5. The first kappa shape index (κ1) is 15.0. The summed E-state index contributed by atoms with van der Waals surface area (Å²) in [5.41, 5.74) is 3.27. The fraction of sp³-hybridized carbons (Fsp3) is 0.312. The smallest absolute Gasteiger partial charge is 0.312 e. The predicted octanol–water partition coefficient (Wildman–Crippen LogP) is 2.51. The minimum absolute atomic E-state index is 0.386. The lowest BCUT2D eigenvalue weighted by molar-refractivity contribution is -0.138. The van der Waals surface area contributed by atoms with Gasteiger partial charge in [-0.1, -0.05) is 29.8 Å². The van der Waals surface area contributed by atoms with Crippen molar-refractivity contribution in [2.75, 3.05) is 7.11 Å². The van der Waals surface area contributed by atoms with Gasteiger partial charge in [0.2, 0.25) is 5.88 Å². The number of methoxy groups -OCH3 is 1. The number of hydrogen-bond acceptors (Lipinski definition) is 4. The first-order valence-electron chi connectivity index (χ1n) is 6.66. The summed E-state index contributed by atoms with van der Waals surface area (Å²) in [6.45, 7) is 3.77. The Bertz CT molecular complexity index is 638. The van der Waals surface area contributed by atoms with Gasteiger partial charge in [0.25, 0.3) is 0 Å². The van der Waals surface area contributed by atoms with Crippen LogP contribution in [0.25, 0.3) is 0 Å². The van der Waals surface area contributed by atoms with E-state index < -0.39 is 11.9 Å². The van der Waals surface area contributed by atoms with E-state index in [0.717, 1.165) is 11.1 Å². The Balaban J connectivity index is 2.35. The van der Waals surface area contributed by atoms with Gasteiger partial charge in [0, 0.05) is 5.56 Å². The molecule has 5 nitrogen and oxygen atoms in total. The third-order valence-corrected chi connectivity index (χ3v) is 3.46. The van der Waals surface area contributed by atoms with E-state index in [1.807, 2.05) is 31.2 Å². The van der Waals surface area contributed by atoms with Crippen molar-refractivity contribution in [2.24, 2.45) is 0 Å². The van der Waals surface area contributed by atoms with Gasteiger partial charge in [-0.2, -0.15) is 0 Å². The Labute approximate surface area is 123 Å². The molecular formula is C16H18N2O3. The highest BCUT2D eigenvalue weighted by Gasteiger charge is 2.25. The first-order chi connectivity index (χ1) is 10.0. The molecule has 1 atom stereocenters. The van der Waals surface area contributed by atoms with E-state index in [-0.39, 0.29) is 0 Å². The number of carboxylic acids is 1. The maximum Gasteiger partial charge on any atom is 0.312 e. The lowest BCUT2D eigenvalue weighted by Crippen LogP contribution is -2.18. The van der Waals surface area contributed by atoms with Gasteiger partial charge in [-0.05, 0) is 25.8 Å². The van der Waals surface area contributed by atoms with E-state index >= 15 is 0 Å². The highest BCUT2D eigenvalue weighted by Crippen LogP contribution is 2.26. The second kappa shape index (κ2) is 6.35. The van der Waals surface area contributed by atoms with E-state index in [1.54, 1.807) is 6.92 Å². The molecule has 110 valence electrons. The summed E-state index contributed by atoms with van der Waals surface area (Å²) in [7, 11) is 1.51. The van der Waals surface area contributed by atoms with Crippen LogP contribution in [-0.2, 0) is 11.2 Å². The highest BCUT2D eigenvalue weighted by molar-refractivity contribution is 5.76. The Morgan fingerprint density at radius 3 is 2.48 bits per heavy atom. The van der Waals surface area contributed by atoms with Crippen molar-refractivity contribution < 1.29 is 14.6 Å². The minimum Gasteiger partial charge on any atom is -0.481 e. The van der Waals surface area contributed by atoms with E-state index in [1.165, 1.54) is 13.4 Å². The molecule has 0 fully saturated rings. The van der Waals surface area contributed by atoms with Crippen LogP contribution < -0.4 is 4.74 Å². The molecule has 0 spiro atoms. The van der Waals surface area contributed by atoms with Crippen LogP contribution in [0.1, 0.15) is 28.3 Å². The molecule has 2 aromatic rings. The molecule has 1 heterocycles. The molecule has 0 bridgehead atoms. The van der Waals surface area contributed by atoms with Crippen molar-refractivity contribution in [2.45, 2.75) is 26.2 Å². The van der Waals surface area contributed by atoms with Crippen LogP contribution >= 0.6 is 0 Å². The van der Waals surface area contributed by atoms with Crippen molar-refractivity contribution in [1.82, 2.24) is 9.97 Å². The summed E-state index contributed by atoms with van der Waals surface area (Å²) < 4.78 is 5.14. The first-order valence-corrected chi connectivity index (χ1v) is 6.66. The number of ether oxygens (including phenoxy) is 1. The molecule has 0 aliphatic carbocycles. The number of nitrogens with zero attached hydrogens (tertiary/aromatic N) is 2. The minimum atomic E-state index is -0.903. The van der Waals surface area contributed by atoms with Gasteiger partial charge in [0.05, 0.1) is 12.8 Å². The molecule has 0 saturated heterocycles.